The van der Waals surface area contributed by atoms with Crippen molar-refractivity contribution in [3.05, 3.63) is 34.1 Å². The zero-order valence-electron chi connectivity index (χ0n) is 13.0. The van der Waals surface area contributed by atoms with E-state index in [9.17, 15) is 4.39 Å². The average molecular weight is 354 g/mol. The van der Waals surface area contributed by atoms with Crippen LogP contribution in [-0.2, 0) is 6.42 Å². The van der Waals surface area contributed by atoms with Crippen molar-refractivity contribution in [2.45, 2.75) is 39.5 Å². The highest BCUT2D eigenvalue weighted by Gasteiger charge is 2.53. The zero-order valence-corrected chi connectivity index (χ0v) is 14.5. The summed E-state index contributed by atoms with van der Waals surface area (Å²) in [5, 5.41) is 3.67. The molecule has 0 amide bonds. The fourth-order valence-electron chi connectivity index (χ4n) is 4.07. The van der Waals surface area contributed by atoms with E-state index in [1.54, 1.807) is 6.07 Å². The molecular weight excluding hydrogens is 329 g/mol. The number of rotatable bonds is 6. The highest BCUT2D eigenvalue weighted by atomic mass is 79.9. The molecule has 116 valence electrons. The lowest BCUT2D eigenvalue weighted by Gasteiger charge is -2.32. The number of hydrogen-bond acceptors (Lipinski definition) is 1. The number of fused-ring (bicyclic) bond motifs is 1. The molecule has 3 heteroatoms. The van der Waals surface area contributed by atoms with Crippen LogP contribution in [0.25, 0.3) is 0 Å². The number of nitrogens with one attached hydrogen (secondary N) is 1. The van der Waals surface area contributed by atoms with Crippen molar-refractivity contribution < 1.29 is 4.39 Å². The van der Waals surface area contributed by atoms with Crippen LogP contribution >= 0.6 is 15.9 Å². The Morgan fingerprint density at radius 3 is 2.67 bits per heavy atom. The summed E-state index contributed by atoms with van der Waals surface area (Å²) in [5.74, 6) is 2.46. The van der Waals surface area contributed by atoms with E-state index in [2.05, 4.69) is 35.1 Å². The molecule has 2 atom stereocenters. The molecule has 1 nitrogen and oxygen atoms in total. The summed E-state index contributed by atoms with van der Waals surface area (Å²) in [6, 6.07) is 5.50. The molecule has 21 heavy (non-hydrogen) atoms. The van der Waals surface area contributed by atoms with Crippen LogP contribution < -0.4 is 5.32 Å². The molecule has 0 aliphatic heterocycles. The minimum Gasteiger partial charge on any atom is -0.316 e. The van der Waals surface area contributed by atoms with Crippen LogP contribution in [0.4, 0.5) is 4.39 Å². The molecule has 0 heterocycles. The smallest absolute Gasteiger partial charge is 0.137 e. The second-order valence-corrected chi connectivity index (χ2v) is 8.47. The lowest BCUT2D eigenvalue weighted by atomic mass is 9.77. The first-order valence-electron chi connectivity index (χ1n) is 8.12. The van der Waals surface area contributed by atoms with Crippen molar-refractivity contribution >= 4 is 15.9 Å². The Hall–Kier alpha value is -0.410. The largest absolute Gasteiger partial charge is 0.316 e. The first-order valence-corrected chi connectivity index (χ1v) is 8.91. The maximum Gasteiger partial charge on any atom is 0.137 e. The zero-order chi connectivity index (χ0) is 15.0. The Morgan fingerprint density at radius 2 is 2.05 bits per heavy atom. The molecule has 2 aliphatic rings. The Kier molecular flexibility index (Phi) is 4.42. The molecule has 0 bridgehead atoms. The normalized spacial score (nSPS) is 30.7. The fourth-order valence-corrected chi connectivity index (χ4v) is 4.49. The predicted molar refractivity (Wildman–Crippen MR) is 88.8 cm³/mol. The standard InChI is InChI=1S/C18H25BrFN/c1-12(2)10-21-11-18(8-14-6-15(14)9-18)7-13-3-4-17(20)16(19)5-13/h3-5,12,14-15,21H,6-11H2,1-2H3. The molecule has 1 aromatic rings. The number of benzene rings is 1. The van der Waals surface area contributed by atoms with Crippen molar-refractivity contribution in [2.24, 2.45) is 23.2 Å². The van der Waals surface area contributed by atoms with Gasteiger partial charge in [0.15, 0.2) is 0 Å². The van der Waals surface area contributed by atoms with Crippen molar-refractivity contribution in [2.75, 3.05) is 13.1 Å². The van der Waals surface area contributed by atoms with Gasteiger partial charge in [-0.3, -0.25) is 0 Å². The molecule has 2 saturated carbocycles. The van der Waals surface area contributed by atoms with Crippen LogP contribution in [0, 0.1) is 29.0 Å². The highest BCUT2D eigenvalue weighted by molar-refractivity contribution is 9.10. The van der Waals surface area contributed by atoms with E-state index in [-0.39, 0.29) is 5.82 Å². The third-order valence-electron chi connectivity index (χ3n) is 5.08. The third-order valence-corrected chi connectivity index (χ3v) is 5.68. The van der Waals surface area contributed by atoms with E-state index in [1.807, 2.05) is 12.1 Å². The topological polar surface area (TPSA) is 12.0 Å². The van der Waals surface area contributed by atoms with Gasteiger partial charge < -0.3 is 5.32 Å². The summed E-state index contributed by atoms with van der Waals surface area (Å²) < 4.78 is 14.0. The Balaban J connectivity index is 1.68. The van der Waals surface area contributed by atoms with Crippen LogP contribution in [-0.4, -0.2) is 13.1 Å². The minimum atomic E-state index is -0.167. The van der Waals surface area contributed by atoms with E-state index in [0.29, 0.717) is 15.8 Å². The van der Waals surface area contributed by atoms with Gasteiger partial charge in [0.2, 0.25) is 0 Å². The second-order valence-electron chi connectivity index (χ2n) is 7.61. The van der Waals surface area contributed by atoms with Crippen LogP contribution in [0.3, 0.4) is 0 Å². The molecule has 0 spiro atoms. The Morgan fingerprint density at radius 1 is 1.33 bits per heavy atom. The summed E-state index contributed by atoms with van der Waals surface area (Å²) in [7, 11) is 0. The van der Waals surface area contributed by atoms with Gasteiger partial charge in [-0.05, 0) is 89.0 Å². The maximum atomic E-state index is 13.4. The van der Waals surface area contributed by atoms with Crippen LogP contribution in [0.5, 0.6) is 0 Å². The first kappa shape index (κ1) is 15.5. The molecule has 1 aromatic carbocycles. The maximum absolute atomic E-state index is 13.4. The molecule has 0 saturated heterocycles. The van der Waals surface area contributed by atoms with Gasteiger partial charge in [0.25, 0.3) is 0 Å². The van der Waals surface area contributed by atoms with Gasteiger partial charge >= 0.3 is 0 Å². The monoisotopic (exact) mass is 353 g/mol. The van der Waals surface area contributed by atoms with E-state index in [4.69, 9.17) is 0 Å². The number of hydrogen-bond donors (Lipinski definition) is 1. The third kappa shape index (κ3) is 3.68. The van der Waals surface area contributed by atoms with E-state index in [1.165, 1.54) is 24.8 Å². The molecule has 3 rings (SSSR count). The van der Waals surface area contributed by atoms with Gasteiger partial charge in [-0.15, -0.1) is 0 Å². The molecule has 2 fully saturated rings. The van der Waals surface area contributed by atoms with Crippen LogP contribution in [0.1, 0.15) is 38.7 Å². The molecule has 1 N–H and O–H groups in total. The molecule has 2 aliphatic carbocycles. The Bertz CT molecular complexity index is 504. The average Bonchev–Trinajstić information content (AvgIpc) is 3.02. The Labute approximate surface area is 135 Å². The molecular formula is C18H25BrFN. The molecule has 2 unspecified atom stereocenters. The summed E-state index contributed by atoms with van der Waals surface area (Å²) in [5.41, 5.74) is 1.65. The van der Waals surface area contributed by atoms with Crippen LogP contribution in [0.15, 0.2) is 22.7 Å². The summed E-state index contributed by atoms with van der Waals surface area (Å²) >= 11 is 3.31. The molecule has 0 radical (unpaired) electrons. The van der Waals surface area contributed by atoms with Gasteiger partial charge in [-0.1, -0.05) is 19.9 Å². The van der Waals surface area contributed by atoms with Crippen molar-refractivity contribution in [3.63, 3.8) is 0 Å². The second kappa shape index (κ2) is 6.00. The van der Waals surface area contributed by atoms with E-state index >= 15 is 0 Å². The van der Waals surface area contributed by atoms with Gasteiger partial charge in [0.1, 0.15) is 5.82 Å². The van der Waals surface area contributed by atoms with E-state index in [0.717, 1.165) is 31.3 Å². The van der Waals surface area contributed by atoms with Gasteiger partial charge in [0, 0.05) is 6.54 Å². The predicted octanol–water partition coefficient (Wildman–Crippen LogP) is 4.79. The summed E-state index contributed by atoms with van der Waals surface area (Å²) in [6.45, 7) is 6.70. The lowest BCUT2D eigenvalue weighted by molar-refractivity contribution is 0.245. The first-order chi connectivity index (χ1) is 9.97. The summed E-state index contributed by atoms with van der Waals surface area (Å²) in [6.07, 6.45) is 5.21. The lowest BCUT2D eigenvalue weighted by Crippen LogP contribution is -2.36. The number of halogens is 2. The van der Waals surface area contributed by atoms with Gasteiger partial charge in [-0.25, -0.2) is 4.39 Å². The van der Waals surface area contributed by atoms with Crippen LogP contribution in [0.2, 0.25) is 0 Å². The fraction of sp³-hybridized carbons (Fsp3) is 0.667. The van der Waals surface area contributed by atoms with E-state index < -0.39 is 0 Å². The SMILES string of the molecule is CC(C)CNCC1(Cc2ccc(F)c(Br)c2)CC2CC2C1. The highest BCUT2D eigenvalue weighted by Crippen LogP contribution is 2.60. The summed E-state index contributed by atoms with van der Waals surface area (Å²) in [4.78, 5) is 0. The molecule has 0 aromatic heterocycles. The van der Waals surface area contributed by atoms with Gasteiger partial charge in [-0.2, -0.15) is 0 Å². The van der Waals surface area contributed by atoms with Crippen molar-refractivity contribution in [1.29, 1.82) is 0 Å². The van der Waals surface area contributed by atoms with Gasteiger partial charge in [0.05, 0.1) is 4.47 Å². The van der Waals surface area contributed by atoms with Crippen molar-refractivity contribution in [3.8, 4) is 0 Å². The minimum absolute atomic E-state index is 0.167. The quantitative estimate of drug-likeness (QED) is 0.774. The van der Waals surface area contributed by atoms with Crippen molar-refractivity contribution in [1.82, 2.24) is 5.32 Å².